The van der Waals surface area contributed by atoms with Crippen LogP contribution in [0.3, 0.4) is 0 Å². The molecule has 0 aliphatic heterocycles. The Morgan fingerprint density at radius 3 is 2.23 bits per heavy atom. The summed E-state index contributed by atoms with van der Waals surface area (Å²) in [6.07, 6.45) is 4.22. The Labute approximate surface area is 85.1 Å². The van der Waals surface area contributed by atoms with Crippen molar-refractivity contribution in [1.29, 1.82) is 0 Å². The topological polar surface area (TPSA) is 63.3 Å². The standard InChI is InChI=1S/C9H17NO2.ClH/c1-6-2-4-7(5-3-6)8(10)9(11)12;/h6-8H,2-5,10H2,1H3,(H,11,12);1H. The van der Waals surface area contributed by atoms with E-state index in [-0.39, 0.29) is 18.3 Å². The molecule has 1 saturated carbocycles. The minimum Gasteiger partial charge on any atom is -0.480 e. The summed E-state index contributed by atoms with van der Waals surface area (Å²) in [5.41, 5.74) is 5.54. The number of rotatable bonds is 2. The number of halogens is 1. The van der Waals surface area contributed by atoms with E-state index in [2.05, 4.69) is 6.92 Å². The molecule has 4 heteroatoms. The van der Waals surface area contributed by atoms with Crippen LogP contribution in [-0.2, 0) is 4.79 Å². The van der Waals surface area contributed by atoms with Gasteiger partial charge in [-0.2, -0.15) is 0 Å². The molecule has 1 aliphatic rings. The molecule has 1 rings (SSSR count). The molecule has 1 unspecified atom stereocenters. The second kappa shape index (κ2) is 5.45. The molecule has 3 nitrogen and oxygen atoms in total. The normalized spacial score (nSPS) is 30.3. The van der Waals surface area contributed by atoms with Crippen LogP contribution in [0.5, 0.6) is 0 Å². The summed E-state index contributed by atoms with van der Waals surface area (Å²) >= 11 is 0. The molecular formula is C9H18ClNO2. The number of hydrogen-bond acceptors (Lipinski definition) is 2. The van der Waals surface area contributed by atoms with Gasteiger partial charge in [0.05, 0.1) is 0 Å². The van der Waals surface area contributed by atoms with Crippen LogP contribution in [0.1, 0.15) is 32.6 Å². The van der Waals surface area contributed by atoms with Crippen LogP contribution in [0, 0.1) is 11.8 Å². The van der Waals surface area contributed by atoms with Gasteiger partial charge >= 0.3 is 5.97 Å². The minimum absolute atomic E-state index is 0. The number of carboxylic acid groups (broad SMARTS) is 1. The summed E-state index contributed by atoms with van der Waals surface area (Å²) in [5, 5.41) is 8.68. The zero-order chi connectivity index (χ0) is 9.14. The number of aliphatic carboxylic acids is 1. The monoisotopic (exact) mass is 207 g/mol. The largest absolute Gasteiger partial charge is 0.480 e. The summed E-state index contributed by atoms with van der Waals surface area (Å²) < 4.78 is 0. The van der Waals surface area contributed by atoms with Crippen molar-refractivity contribution in [2.24, 2.45) is 17.6 Å². The Bertz CT molecular complexity index is 167. The quantitative estimate of drug-likeness (QED) is 0.724. The first-order valence-electron chi connectivity index (χ1n) is 4.59. The maximum absolute atomic E-state index is 10.6. The lowest BCUT2D eigenvalue weighted by Crippen LogP contribution is -2.39. The Balaban J connectivity index is 0.00000144. The molecule has 0 bridgehead atoms. The second-order valence-electron chi connectivity index (χ2n) is 3.88. The molecular weight excluding hydrogens is 190 g/mol. The Hall–Kier alpha value is -0.280. The van der Waals surface area contributed by atoms with E-state index in [0.717, 1.165) is 31.6 Å². The molecule has 0 radical (unpaired) electrons. The summed E-state index contributed by atoms with van der Waals surface area (Å²) in [6, 6.07) is -0.641. The summed E-state index contributed by atoms with van der Waals surface area (Å²) in [6.45, 7) is 2.21. The SMILES string of the molecule is CC1CCC(C(N)C(=O)O)CC1.Cl. The van der Waals surface area contributed by atoms with E-state index < -0.39 is 12.0 Å². The summed E-state index contributed by atoms with van der Waals surface area (Å²) in [4.78, 5) is 10.6. The molecule has 1 aliphatic carbocycles. The van der Waals surface area contributed by atoms with Gasteiger partial charge in [-0.15, -0.1) is 12.4 Å². The number of hydrogen-bond donors (Lipinski definition) is 2. The molecule has 0 aromatic heterocycles. The number of nitrogens with two attached hydrogens (primary N) is 1. The minimum atomic E-state index is -0.852. The first kappa shape index (κ1) is 12.7. The van der Waals surface area contributed by atoms with E-state index in [1.165, 1.54) is 0 Å². The second-order valence-corrected chi connectivity index (χ2v) is 3.88. The van der Waals surface area contributed by atoms with Crippen molar-refractivity contribution in [1.82, 2.24) is 0 Å². The molecule has 13 heavy (non-hydrogen) atoms. The van der Waals surface area contributed by atoms with Gasteiger partial charge in [-0.1, -0.05) is 19.8 Å². The Kier molecular flexibility index (Phi) is 5.33. The molecule has 0 aromatic carbocycles. The maximum Gasteiger partial charge on any atom is 0.320 e. The van der Waals surface area contributed by atoms with Gasteiger partial charge in [-0.05, 0) is 24.7 Å². The van der Waals surface area contributed by atoms with Gasteiger partial charge in [0.15, 0.2) is 0 Å². The predicted octanol–water partition coefficient (Wildman–Crippen LogP) is 1.65. The highest BCUT2D eigenvalue weighted by molar-refractivity contribution is 5.85. The van der Waals surface area contributed by atoms with Crippen LogP contribution < -0.4 is 5.73 Å². The molecule has 1 fully saturated rings. The molecule has 0 heterocycles. The third-order valence-electron chi connectivity index (χ3n) is 2.85. The fourth-order valence-corrected chi connectivity index (χ4v) is 1.85. The lowest BCUT2D eigenvalue weighted by Gasteiger charge is -2.28. The van der Waals surface area contributed by atoms with Crippen molar-refractivity contribution in [2.75, 3.05) is 0 Å². The van der Waals surface area contributed by atoms with Gasteiger partial charge in [-0.3, -0.25) is 4.79 Å². The van der Waals surface area contributed by atoms with Gasteiger partial charge in [-0.25, -0.2) is 0 Å². The maximum atomic E-state index is 10.6. The van der Waals surface area contributed by atoms with E-state index >= 15 is 0 Å². The highest BCUT2D eigenvalue weighted by atomic mass is 35.5. The van der Waals surface area contributed by atoms with E-state index in [9.17, 15) is 4.79 Å². The first-order valence-corrected chi connectivity index (χ1v) is 4.59. The first-order chi connectivity index (χ1) is 5.61. The third kappa shape index (κ3) is 3.53. The predicted molar refractivity (Wildman–Crippen MR) is 54.0 cm³/mol. The molecule has 0 amide bonds. The van der Waals surface area contributed by atoms with Crippen molar-refractivity contribution in [3.8, 4) is 0 Å². The van der Waals surface area contributed by atoms with Crippen molar-refractivity contribution >= 4 is 18.4 Å². The fourth-order valence-electron chi connectivity index (χ4n) is 1.85. The van der Waals surface area contributed by atoms with Crippen LogP contribution in [-0.4, -0.2) is 17.1 Å². The zero-order valence-electron chi connectivity index (χ0n) is 7.90. The summed E-state index contributed by atoms with van der Waals surface area (Å²) in [5.74, 6) is 0.107. The van der Waals surface area contributed by atoms with Crippen molar-refractivity contribution in [2.45, 2.75) is 38.6 Å². The zero-order valence-corrected chi connectivity index (χ0v) is 8.72. The average molecular weight is 208 g/mol. The molecule has 3 N–H and O–H groups in total. The highest BCUT2D eigenvalue weighted by Gasteiger charge is 2.27. The van der Waals surface area contributed by atoms with Crippen molar-refractivity contribution in [3.63, 3.8) is 0 Å². The van der Waals surface area contributed by atoms with Crippen molar-refractivity contribution < 1.29 is 9.90 Å². The van der Waals surface area contributed by atoms with Crippen LogP contribution in [0.4, 0.5) is 0 Å². The smallest absolute Gasteiger partial charge is 0.320 e. The Morgan fingerprint density at radius 1 is 1.38 bits per heavy atom. The van der Waals surface area contributed by atoms with E-state index in [1.807, 2.05) is 0 Å². The van der Waals surface area contributed by atoms with E-state index in [0.29, 0.717) is 0 Å². The van der Waals surface area contributed by atoms with Gasteiger partial charge < -0.3 is 10.8 Å². The number of carboxylic acids is 1. The van der Waals surface area contributed by atoms with Gasteiger partial charge in [0.2, 0.25) is 0 Å². The molecule has 0 spiro atoms. The van der Waals surface area contributed by atoms with Crippen LogP contribution in [0.25, 0.3) is 0 Å². The van der Waals surface area contributed by atoms with Gasteiger partial charge in [0.25, 0.3) is 0 Å². The van der Waals surface area contributed by atoms with Gasteiger partial charge in [0.1, 0.15) is 6.04 Å². The lowest BCUT2D eigenvalue weighted by molar-refractivity contribution is -0.140. The number of carbonyl (C=O) groups is 1. The fraction of sp³-hybridized carbons (Fsp3) is 0.889. The van der Waals surface area contributed by atoms with Gasteiger partial charge in [0, 0.05) is 0 Å². The molecule has 0 saturated heterocycles. The van der Waals surface area contributed by atoms with Crippen LogP contribution in [0.15, 0.2) is 0 Å². The van der Waals surface area contributed by atoms with E-state index in [4.69, 9.17) is 10.8 Å². The van der Waals surface area contributed by atoms with E-state index in [1.54, 1.807) is 0 Å². The highest BCUT2D eigenvalue weighted by Crippen LogP contribution is 2.29. The van der Waals surface area contributed by atoms with Crippen LogP contribution in [0.2, 0.25) is 0 Å². The molecule has 0 aromatic rings. The average Bonchev–Trinajstić information content (AvgIpc) is 2.04. The third-order valence-corrected chi connectivity index (χ3v) is 2.85. The van der Waals surface area contributed by atoms with Crippen LogP contribution >= 0.6 is 12.4 Å². The Morgan fingerprint density at radius 2 is 1.85 bits per heavy atom. The molecule has 78 valence electrons. The lowest BCUT2D eigenvalue weighted by atomic mass is 9.79. The molecule has 1 atom stereocenters. The van der Waals surface area contributed by atoms with Crippen molar-refractivity contribution in [3.05, 3.63) is 0 Å². The summed E-state index contributed by atoms with van der Waals surface area (Å²) in [7, 11) is 0.